The third-order valence-corrected chi connectivity index (χ3v) is 4.35. The summed E-state index contributed by atoms with van der Waals surface area (Å²) in [4.78, 5) is 25.6. The van der Waals surface area contributed by atoms with E-state index < -0.39 is 0 Å². The third kappa shape index (κ3) is 2.86. The molecule has 0 fully saturated rings. The number of hydrogen-bond acceptors (Lipinski definition) is 3. The molecule has 3 rings (SSSR count). The molecule has 0 amide bonds. The zero-order valence-electron chi connectivity index (χ0n) is 13.8. The van der Waals surface area contributed by atoms with Crippen molar-refractivity contribution in [2.75, 3.05) is 6.54 Å². The number of hydrogen-bond donors (Lipinski definition) is 2. The van der Waals surface area contributed by atoms with Crippen LogP contribution in [0.3, 0.4) is 0 Å². The monoisotopic (exact) mass is 300 g/mol. The normalized spacial score (nSPS) is 15.3. The summed E-state index contributed by atoms with van der Waals surface area (Å²) in [7, 11) is 0. The van der Waals surface area contributed by atoms with Crippen LogP contribution in [0.5, 0.6) is 0 Å². The smallest absolute Gasteiger partial charge is 0.255 e. The van der Waals surface area contributed by atoms with Crippen molar-refractivity contribution < 1.29 is 0 Å². The zero-order valence-corrected chi connectivity index (χ0v) is 13.8. The van der Waals surface area contributed by atoms with Crippen molar-refractivity contribution in [2.45, 2.75) is 53.1 Å². The largest absolute Gasteiger partial charge is 0.361 e. The number of fused-ring (bicyclic) bond motifs is 1. The average Bonchev–Trinajstić information content (AvgIpc) is 2.77. The van der Waals surface area contributed by atoms with E-state index in [-0.39, 0.29) is 11.5 Å². The van der Waals surface area contributed by atoms with Crippen molar-refractivity contribution in [3.8, 4) is 0 Å². The molecule has 2 aromatic heterocycles. The van der Waals surface area contributed by atoms with E-state index in [0.29, 0.717) is 6.54 Å². The Morgan fingerprint density at radius 1 is 1.32 bits per heavy atom. The van der Waals surface area contributed by atoms with Gasteiger partial charge in [-0.25, -0.2) is 4.98 Å². The first-order chi connectivity index (χ1) is 10.4. The second kappa shape index (κ2) is 5.72. The van der Waals surface area contributed by atoms with E-state index in [1.54, 1.807) is 0 Å². The van der Waals surface area contributed by atoms with Gasteiger partial charge in [0, 0.05) is 43.4 Å². The molecule has 2 aromatic rings. The van der Waals surface area contributed by atoms with E-state index >= 15 is 0 Å². The molecule has 1 aliphatic heterocycles. The van der Waals surface area contributed by atoms with Gasteiger partial charge in [-0.15, -0.1) is 0 Å². The van der Waals surface area contributed by atoms with Crippen LogP contribution >= 0.6 is 0 Å². The summed E-state index contributed by atoms with van der Waals surface area (Å²) in [6, 6.07) is 2.16. The maximum atomic E-state index is 12.3. The van der Waals surface area contributed by atoms with Gasteiger partial charge in [-0.2, -0.15) is 0 Å². The predicted octanol–water partition coefficient (Wildman–Crippen LogP) is 2.40. The summed E-state index contributed by atoms with van der Waals surface area (Å²) in [6.45, 7) is 10.8. The standard InChI is InChI=1S/C17H24N4O/c1-10(2)16-19-14-5-6-21(8-13(14)17(22)20-16)9-15-11(3)7-12(4)18-15/h7,10,18H,5-6,8-9H2,1-4H3,(H,19,20,22). The van der Waals surface area contributed by atoms with Crippen molar-refractivity contribution in [1.82, 2.24) is 19.9 Å². The Morgan fingerprint density at radius 3 is 2.73 bits per heavy atom. The first kappa shape index (κ1) is 15.0. The molecule has 0 aromatic carbocycles. The molecule has 0 bridgehead atoms. The lowest BCUT2D eigenvalue weighted by Gasteiger charge is -2.27. The second-order valence-corrected chi connectivity index (χ2v) is 6.61. The van der Waals surface area contributed by atoms with Crippen molar-refractivity contribution >= 4 is 0 Å². The SMILES string of the molecule is Cc1cc(C)c(CN2CCc3nc(C(C)C)[nH]c(=O)c3C2)[nH]1. The molecule has 0 atom stereocenters. The molecule has 0 radical (unpaired) electrons. The Hall–Kier alpha value is -1.88. The van der Waals surface area contributed by atoms with Crippen molar-refractivity contribution in [2.24, 2.45) is 0 Å². The number of H-pyrrole nitrogens is 2. The minimum Gasteiger partial charge on any atom is -0.361 e. The molecule has 0 saturated heterocycles. The van der Waals surface area contributed by atoms with Gasteiger partial charge in [0.15, 0.2) is 0 Å². The lowest BCUT2D eigenvalue weighted by molar-refractivity contribution is 0.238. The van der Waals surface area contributed by atoms with Crippen molar-refractivity contribution in [3.05, 3.63) is 50.5 Å². The second-order valence-electron chi connectivity index (χ2n) is 6.61. The number of aromatic amines is 2. The highest BCUT2D eigenvalue weighted by molar-refractivity contribution is 5.25. The van der Waals surface area contributed by atoms with Crippen LogP contribution in [-0.4, -0.2) is 26.4 Å². The minimum absolute atomic E-state index is 0.0257. The van der Waals surface area contributed by atoms with Gasteiger partial charge in [0.25, 0.3) is 5.56 Å². The molecule has 5 nitrogen and oxygen atoms in total. The van der Waals surface area contributed by atoms with E-state index in [1.165, 1.54) is 17.0 Å². The van der Waals surface area contributed by atoms with Crippen LogP contribution in [0.4, 0.5) is 0 Å². The van der Waals surface area contributed by atoms with Gasteiger partial charge in [-0.05, 0) is 25.5 Å². The predicted molar refractivity (Wildman–Crippen MR) is 87.0 cm³/mol. The molecule has 2 N–H and O–H groups in total. The number of rotatable bonds is 3. The Kier molecular flexibility index (Phi) is 3.91. The Morgan fingerprint density at radius 2 is 2.09 bits per heavy atom. The van der Waals surface area contributed by atoms with Gasteiger partial charge in [0.1, 0.15) is 5.82 Å². The van der Waals surface area contributed by atoms with Crippen LogP contribution in [0.1, 0.15) is 53.8 Å². The quantitative estimate of drug-likeness (QED) is 0.915. The lowest BCUT2D eigenvalue weighted by Crippen LogP contribution is -2.36. The van der Waals surface area contributed by atoms with E-state index in [0.717, 1.165) is 36.6 Å². The Labute approximate surface area is 130 Å². The van der Waals surface area contributed by atoms with Gasteiger partial charge in [-0.1, -0.05) is 13.8 Å². The highest BCUT2D eigenvalue weighted by Gasteiger charge is 2.22. The molecule has 0 spiro atoms. The van der Waals surface area contributed by atoms with Crippen molar-refractivity contribution in [3.63, 3.8) is 0 Å². The number of aryl methyl sites for hydroxylation is 2. The van der Waals surface area contributed by atoms with Crippen LogP contribution in [0.2, 0.25) is 0 Å². The summed E-state index contributed by atoms with van der Waals surface area (Å²) in [5, 5.41) is 0. The highest BCUT2D eigenvalue weighted by Crippen LogP contribution is 2.19. The summed E-state index contributed by atoms with van der Waals surface area (Å²) >= 11 is 0. The van der Waals surface area contributed by atoms with Crippen molar-refractivity contribution in [1.29, 1.82) is 0 Å². The van der Waals surface area contributed by atoms with E-state index in [1.807, 2.05) is 0 Å². The maximum Gasteiger partial charge on any atom is 0.255 e. The van der Waals surface area contributed by atoms with Gasteiger partial charge in [0.05, 0.1) is 11.3 Å². The fraction of sp³-hybridized carbons (Fsp3) is 0.529. The fourth-order valence-electron chi connectivity index (χ4n) is 3.08. The van der Waals surface area contributed by atoms with Gasteiger partial charge in [0.2, 0.25) is 0 Å². The van der Waals surface area contributed by atoms with Gasteiger partial charge >= 0.3 is 0 Å². The fourth-order valence-corrected chi connectivity index (χ4v) is 3.08. The number of nitrogens with zero attached hydrogens (tertiary/aromatic N) is 2. The molecular weight excluding hydrogens is 276 g/mol. The number of nitrogens with one attached hydrogen (secondary N) is 2. The highest BCUT2D eigenvalue weighted by atomic mass is 16.1. The summed E-state index contributed by atoms with van der Waals surface area (Å²) in [5.74, 6) is 1.05. The Bertz CT molecular complexity index is 742. The molecule has 3 heterocycles. The van der Waals surface area contributed by atoms with Gasteiger partial charge < -0.3 is 9.97 Å². The van der Waals surface area contributed by atoms with Crippen LogP contribution in [0, 0.1) is 13.8 Å². The van der Waals surface area contributed by atoms with E-state index in [2.05, 4.69) is 53.6 Å². The molecule has 0 unspecified atom stereocenters. The molecule has 5 heteroatoms. The average molecular weight is 300 g/mol. The number of aromatic nitrogens is 3. The summed E-state index contributed by atoms with van der Waals surface area (Å²) in [5.41, 5.74) is 5.54. The minimum atomic E-state index is 0.0257. The molecule has 118 valence electrons. The molecule has 0 aliphatic carbocycles. The van der Waals surface area contributed by atoms with Crippen LogP contribution in [-0.2, 0) is 19.5 Å². The lowest BCUT2D eigenvalue weighted by atomic mass is 10.1. The van der Waals surface area contributed by atoms with Crippen LogP contribution in [0.15, 0.2) is 10.9 Å². The third-order valence-electron chi connectivity index (χ3n) is 4.35. The first-order valence-corrected chi connectivity index (χ1v) is 7.93. The van der Waals surface area contributed by atoms with E-state index in [4.69, 9.17) is 0 Å². The molecule has 0 saturated carbocycles. The first-order valence-electron chi connectivity index (χ1n) is 7.93. The summed E-state index contributed by atoms with van der Waals surface area (Å²) < 4.78 is 0. The van der Waals surface area contributed by atoms with Crippen LogP contribution in [0.25, 0.3) is 0 Å². The molecule has 1 aliphatic rings. The molecule has 22 heavy (non-hydrogen) atoms. The molecular formula is C17H24N4O. The summed E-state index contributed by atoms with van der Waals surface area (Å²) in [6.07, 6.45) is 0.845. The van der Waals surface area contributed by atoms with E-state index in [9.17, 15) is 4.79 Å². The zero-order chi connectivity index (χ0) is 15.9. The van der Waals surface area contributed by atoms with Crippen LogP contribution < -0.4 is 5.56 Å². The topological polar surface area (TPSA) is 64.8 Å². The Balaban J connectivity index is 1.82. The maximum absolute atomic E-state index is 12.3. The van der Waals surface area contributed by atoms with Gasteiger partial charge in [-0.3, -0.25) is 9.69 Å².